The summed E-state index contributed by atoms with van der Waals surface area (Å²) in [6.07, 6.45) is 3.61. The molecule has 140 valence electrons. The van der Waals surface area contributed by atoms with Gasteiger partial charge in [-0.25, -0.2) is 4.79 Å². The van der Waals surface area contributed by atoms with E-state index in [-0.39, 0.29) is 6.10 Å². The Bertz CT molecular complexity index is 607. The van der Waals surface area contributed by atoms with Crippen molar-refractivity contribution in [3.05, 3.63) is 22.8 Å². The molecule has 0 saturated carbocycles. The highest BCUT2D eigenvalue weighted by molar-refractivity contribution is 5.92. The maximum absolute atomic E-state index is 12.0. The van der Waals surface area contributed by atoms with Crippen molar-refractivity contribution in [3.8, 4) is 0 Å². The van der Waals surface area contributed by atoms with Gasteiger partial charge in [-0.2, -0.15) is 0 Å². The van der Waals surface area contributed by atoms with Crippen LogP contribution < -0.4 is 0 Å². The van der Waals surface area contributed by atoms with E-state index in [0.717, 1.165) is 24.8 Å². The molecular weight excluding hydrogens is 320 g/mol. The minimum atomic E-state index is -1.16. The molecule has 1 fully saturated rings. The normalized spacial score (nSPS) is 45.0. The zero-order valence-electron chi connectivity index (χ0n) is 15.6. The third-order valence-electron chi connectivity index (χ3n) is 6.18. The van der Waals surface area contributed by atoms with Crippen molar-refractivity contribution in [3.63, 3.8) is 0 Å². The van der Waals surface area contributed by atoms with Crippen molar-refractivity contribution in [2.24, 2.45) is 5.92 Å². The molecule has 25 heavy (non-hydrogen) atoms. The molecule has 0 amide bonds. The van der Waals surface area contributed by atoms with Crippen LogP contribution in [0.3, 0.4) is 0 Å². The van der Waals surface area contributed by atoms with Crippen molar-refractivity contribution in [2.45, 2.75) is 89.8 Å². The molecule has 0 aromatic carbocycles. The second kappa shape index (κ2) is 6.86. The summed E-state index contributed by atoms with van der Waals surface area (Å²) in [5.41, 5.74) is 1.24. The first kappa shape index (κ1) is 18.6. The Morgan fingerprint density at radius 3 is 2.68 bits per heavy atom. The predicted molar refractivity (Wildman–Crippen MR) is 93.9 cm³/mol. The monoisotopic (exact) mass is 350 g/mol. The number of aliphatic hydroxyl groups excluding tert-OH is 2. The standard InChI is InChI=1S/C20H30O5/c1-11-6-5-7-12(2)14-8-9-20(4,25-14)18(22)17(21)16-13(3)19(23)24-15(16)10-11/h6,12,14-15,17-18,21-22H,5,7-10H2,1-4H3/b11-6+/t12-,14-,15-,17-,18+,20-/m0/s1. The predicted octanol–water partition coefficient (Wildman–Crippen LogP) is 2.65. The topological polar surface area (TPSA) is 76.0 Å². The molecule has 0 radical (unpaired) electrons. The Balaban J connectivity index is 1.97. The Labute approximate surface area is 149 Å². The van der Waals surface area contributed by atoms with Gasteiger partial charge in [0.2, 0.25) is 0 Å². The van der Waals surface area contributed by atoms with Crippen LogP contribution >= 0.6 is 0 Å². The third kappa shape index (κ3) is 3.42. The number of esters is 1. The second-order valence-electron chi connectivity index (χ2n) is 8.18. The van der Waals surface area contributed by atoms with Gasteiger partial charge in [0.1, 0.15) is 18.3 Å². The van der Waals surface area contributed by atoms with Crippen LogP contribution in [0.15, 0.2) is 22.8 Å². The van der Waals surface area contributed by atoms with Gasteiger partial charge < -0.3 is 19.7 Å². The summed E-state index contributed by atoms with van der Waals surface area (Å²) >= 11 is 0. The first-order chi connectivity index (χ1) is 11.7. The number of rotatable bonds is 0. The molecule has 0 aromatic rings. The van der Waals surface area contributed by atoms with Gasteiger partial charge in [-0.05, 0) is 52.4 Å². The van der Waals surface area contributed by atoms with Crippen molar-refractivity contribution in [1.29, 1.82) is 0 Å². The summed E-state index contributed by atoms with van der Waals surface area (Å²) in [7, 11) is 0. The molecule has 5 heteroatoms. The lowest BCUT2D eigenvalue weighted by atomic mass is 9.84. The first-order valence-electron chi connectivity index (χ1n) is 9.34. The molecule has 0 aliphatic carbocycles. The Morgan fingerprint density at radius 1 is 1.24 bits per heavy atom. The molecule has 0 aromatic heterocycles. The molecule has 0 unspecified atom stereocenters. The highest BCUT2D eigenvalue weighted by Gasteiger charge is 2.49. The molecule has 1 saturated heterocycles. The van der Waals surface area contributed by atoms with E-state index in [0.29, 0.717) is 29.9 Å². The first-order valence-corrected chi connectivity index (χ1v) is 9.34. The molecular formula is C20H30O5. The molecule has 3 aliphatic rings. The van der Waals surface area contributed by atoms with Crippen molar-refractivity contribution in [2.75, 3.05) is 0 Å². The van der Waals surface area contributed by atoms with Gasteiger partial charge in [0, 0.05) is 17.6 Å². The minimum absolute atomic E-state index is 0.0913. The van der Waals surface area contributed by atoms with Gasteiger partial charge in [0.15, 0.2) is 0 Å². The lowest BCUT2D eigenvalue weighted by molar-refractivity contribution is -0.146. The third-order valence-corrected chi connectivity index (χ3v) is 6.18. The number of ether oxygens (including phenoxy) is 2. The van der Waals surface area contributed by atoms with E-state index in [1.165, 1.54) is 0 Å². The lowest BCUT2D eigenvalue weighted by Crippen LogP contribution is -2.49. The van der Waals surface area contributed by atoms with Crippen LogP contribution in [0.25, 0.3) is 0 Å². The fraction of sp³-hybridized carbons (Fsp3) is 0.750. The number of hydrogen-bond acceptors (Lipinski definition) is 5. The van der Waals surface area contributed by atoms with E-state index in [2.05, 4.69) is 13.0 Å². The van der Waals surface area contributed by atoms with Crippen LogP contribution in [-0.2, 0) is 14.3 Å². The average Bonchev–Trinajstić information content (AvgIpc) is 3.07. The zero-order valence-corrected chi connectivity index (χ0v) is 15.6. The van der Waals surface area contributed by atoms with E-state index >= 15 is 0 Å². The van der Waals surface area contributed by atoms with Gasteiger partial charge >= 0.3 is 5.97 Å². The van der Waals surface area contributed by atoms with E-state index in [1.807, 2.05) is 13.8 Å². The fourth-order valence-corrected chi connectivity index (χ4v) is 4.37. The molecule has 3 rings (SSSR count). The van der Waals surface area contributed by atoms with E-state index < -0.39 is 29.9 Å². The van der Waals surface area contributed by atoms with Crippen LogP contribution in [0.2, 0.25) is 0 Å². The molecule has 5 nitrogen and oxygen atoms in total. The van der Waals surface area contributed by atoms with Gasteiger partial charge in [0.25, 0.3) is 0 Å². The number of fused-ring (bicyclic) bond motifs is 3. The number of aliphatic hydroxyl groups is 2. The van der Waals surface area contributed by atoms with E-state index in [1.54, 1.807) is 6.92 Å². The summed E-state index contributed by atoms with van der Waals surface area (Å²) in [4.78, 5) is 12.0. The van der Waals surface area contributed by atoms with Crippen LogP contribution in [0.4, 0.5) is 0 Å². The van der Waals surface area contributed by atoms with Crippen LogP contribution in [0.1, 0.15) is 59.8 Å². The average molecular weight is 350 g/mol. The van der Waals surface area contributed by atoms with Crippen molar-refractivity contribution >= 4 is 5.97 Å². The number of carbonyl (C=O) groups is 1. The quantitative estimate of drug-likeness (QED) is 0.519. The largest absolute Gasteiger partial charge is 0.454 e. The number of carbonyl (C=O) groups excluding carboxylic acids is 1. The number of hydrogen-bond donors (Lipinski definition) is 2. The molecule has 2 bridgehead atoms. The summed E-state index contributed by atoms with van der Waals surface area (Å²) in [6.45, 7) is 7.73. The minimum Gasteiger partial charge on any atom is -0.454 e. The number of allylic oxidation sites excluding steroid dienone is 1. The second-order valence-corrected chi connectivity index (χ2v) is 8.18. The summed E-state index contributed by atoms with van der Waals surface area (Å²) in [5.74, 6) is -0.00983. The van der Waals surface area contributed by atoms with Gasteiger partial charge in [-0.15, -0.1) is 0 Å². The lowest BCUT2D eigenvalue weighted by Gasteiger charge is -2.35. The maximum atomic E-state index is 12.0. The molecule has 0 spiro atoms. The summed E-state index contributed by atoms with van der Waals surface area (Å²) < 4.78 is 11.7. The zero-order chi connectivity index (χ0) is 18.4. The van der Waals surface area contributed by atoms with Crippen LogP contribution in [0.5, 0.6) is 0 Å². The Hall–Kier alpha value is -1.17. The van der Waals surface area contributed by atoms with Crippen molar-refractivity contribution < 1.29 is 24.5 Å². The SMILES string of the molecule is CC1=C2[C@H](C/C(C)=C/CC[C@H](C)[C@@H]3CC[C@](C)(O3)[C@H](O)[C@H]2O)OC1=O. The van der Waals surface area contributed by atoms with Gasteiger partial charge in [0.05, 0.1) is 11.7 Å². The summed E-state index contributed by atoms with van der Waals surface area (Å²) in [5, 5.41) is 21.8. The van der Waals surface area contributed by atoms with E-state index in [9.17, 15) is 15.0 Å². The molecule has 3 heterocycles. The molecule has 2 N–H and O–H groups in total. The highest BCUT2D eigenvalue weighted by Crippen LogP contribution is 2.41. The van der Waals surface area contributed by atoms with Gasteiger partial charge in [-0.3, -0.25) is 0 Å². The van der Waals surface area contributed by atoms with Gasteiger partial charge in [-0.1, -0.05) is 18.6 Å². The Kier molecular flexibility index (Phi) is 5.11. The highest BCUT2D eigenvalue weighted by atomic mass is 16.6. The van der Waals surface area contributed by atoms with Crippen LogP contribution in [0, 0.1) is 5.92 Å². The van der Waals surface area contributed by atoms with E-state index in [4.69, 9.17) is 9.47 Å². The smallest absolute Gasteiger partial charge is 0.334 e. The summed E-state index contributed by atoms with van der Waals surface area (Å²) in [6, 6.07) is 0. The van der Waals surface area contributed by atoms with Crippen molar-refractivity contribution in [1.82, 2.24) is 0 Å². The molecule has 3 aliphatic heterocycles. The maximum Gasteiger partial charge on any atom is 0.334 e. The Morgan fingerprint density at radius 2 is 1.96 bits per heavy atom. The fourth-order valence-electron chi connectivity index (χ4n) is 4.37. The molecule has 6 atom stereocenters. The van der Waals surface area contributed by atoms with Crippen LogP contribution in [-0.4, -0.2) is 46.2 Å².